The predicted molar refractivity (Wildman–Crippen MR) is 50.5 cm³/mol. The molecule has 0 N–H and O–H groups in total. The molecule has 0 unspecified atom stereocenters. The highest BCUT2D eigenvalue weighted by molar-refractivity contribution is 7.86. The molecule has 0 aliphatic carbocycles. The van der Waals surface area contributed by atoms with Crippen LogP contribution in [0.1, 0.15) is 12.5 Å². The molecule has 0 saturated carbocycles. The second-order valence-corrected chi connectivity index (χ2v) is 5.09. The third kappa shape index (κ3) is 2.78. The minimum atomic E-state index is -4.06. The lowest BCUT2D eigenvalue weighted by molar-refractivity contribution is 0.283. The van der Waals surface area contributed by atoms with E-state index in [1.165, 1.54) is 6.92 Å². The smallest absolute Gasteiger partial charge is 0.265 e. The first-order valence-electron chi connectivity index (χ1n) is 4.58. The maximum Gasteiger partial charge on any atom is 0.267 e. The summed E-state index contributed by atoms with van der Waals surface area (Å²) in [5.41, 5.74) is -1.33. The molecule has 0 aliphatic rings. The van der Waals surface area contributed by atoms with Crippen LogP contribution in [0.15, 0.2) is 0 Å². The Bertz CT molecular complexity index is 541. The van der Waals surface area contributed by atoms with Crippen molar-refractivity contribution in [3.8, 4) is 0 Å². The molecule has 0 amide bonds. The number of hydrogen-bond acceptors (Lipinski definition) is 3. The first-order chi connectivity index (χ1) is 8.21. The van der Waals surface area contributed by atoms with Gasteiger partial charge in [0.25, 0.3) is 10.1 Å². The van der Waals surface area contributed by atoms with Gasteiger partial charge in [-0.05, 0) is 6.92 Å². The average molecular weight is 290 g/mol. The maximum atomic E-state index is 13.1. The van der Waals surface area contributed by atoms with Crippen molar-refractivity contribution in [2.75, 3.05) is 5.75 Å². The van der Waals surface area contributed by atoms with Gasteiger partial charge >= 0.3 is 0 Å². The molecule has 0 heterocycles. The highest BCUT2D eigenvalue weighted by atomic mass is 32.2. The van der Waals surface area contributed by atoms with Gasteiger partial charge in [0.1, 0.15) is 0 Å². The Labute approximate surface area is 99.3 Å². The van der Waals surface area contributed by atoms with Gasteiger partial charge in [0.2, 0.25) is 5.82 Å². The first-order valence-corrected chi connectivity index (χ1v) is 6.16. The molecule has 0 bridgehead atoms. The van der Waals surface area contributed by atoms with Crippen LogP contribution in [0.3, 0.4) is 0 Å². The highest BCUT2D eigenvalue weighted by Crippen LogP contribution is 2.23. The third-order valence-corrected chi connectivity index (χ3v) is 3.22. The van der Waals surface area contributed by atoms with Crippen molar-refractivity contribution in [1.29, 1.82) is 0 Å². The molecule has 0 fully saturated rings. The van der Waals surface area contributed by atoms with Gasteiger partial charge in [-0.25, -0.2) is 22.0 Å². The fraction of sp³-hybridized carbons (Fsp3) is 0.333. The van der Waals surface area contributed by atoms with Crippen molar-refractivity contribution in [2.45, 2.75) is 13.5 Å². The van der Waals surface area contributed by atoms with Crippen molar-refractivity contribution >= 4 is 10.1 Å². The van der Waals surface area contributed by atoms with E-state index >= 15 is 0 Å². The van der Waals surface area contributed by atoms with Gasteiger partial charge in [-0.15, -0.1) is 0 Å². The van der Waals surface area contributed by atoms with E-state index in [2.05, 4.69) is 4.18 Å². The summed E-state index contributed by atoms with van der Waals surface area (Å²) in [5, 5.41) is 0. The van der Waals surface area contributed by atoms with Crippen molar-refractivity contribution < 1.29 is 34.6 Å². The summed E-state index contributed by atoms with van der Waals surface area (Å²) < 4.78 is 90.2. The van der Waals surface area contributed by atoms with Crippen LogP contribution in [0.4, 0.5) is 22.0 Å². The maximum absolute atomic E-state index is 13.1. The van der Waals surface area contributed by atoms with E-state index in [1.54, 1.807) is 0 Å². The zero-order valence-corrected chi connectivity index (χ0v) is 9.75. The Balaban J connectivity index is 3.19. The van der Waals surface area contributed by atoms with Crippen LogP contribution < -0.4 is 0 Å². The van der Waals surface area contributed by atoms with Crippen LogP contribution >= 0.6 is 0 Å². The molecule has 1 aromatic carbocycles. The van der Waals surface area contributed by atoms with Crippen molar-refractivity contribution in [1.82, 2.24) is 0 Å². The zero-order chi connectivity index (χ0) is 14.1. The summed E-state index contributed by atoms with van der Waals surface area (Å²) >= 11 is 0. The van der Waals surface area contributed by atoms with E-state index in [4.69, 9.17) is 0 Å². The van der Waals surface area contributed by atoms with Crippen LogP contribution in [0, 0.1) is 29.1 Å². The summed E-state index contributed by atoms with van der Waals surface area (Å²) in [5.74, 6) is -11.3. The Morgan fingerprint density at radius 2 is 1.28 bits per heavy atom. The molecule has 18 heavy (non-hydrogen) atoms. The molecule has 9 heteroatoms. The van der Waals surface area contributed by atoms with Gasteiger partial charge in [0.05, 0.1) is 17.9 Å². The number of benzene rings is 1. The lowest BCUT2D eigenvalue weighted by Gasteiger charge is -2.08. The van der Waals surface area contributed by atoms with E-state index in [0.717, 1.165) is 0 Å². The molecule has 0 atom stereocenters. The summed E-state index contributed by atoms with van der Waals surface area (Å²) in [4.78, 5) is 0. The number of hydrogen-bond donors (Lipinski definition) is 0. The summed E-state index contributed by atoms with van der Waals surface area (Å²) in [7, 11) is -4.06. The molecule has 0 spiro atoms. The normalized spacial score (nSPS) is 11.9. The van der Waals surface area contributed by atoms with E-state index in [9.17, 15) is 30.4 Å². The van der Waals surface area contributed by atoms with Crippen LogP contribution in [0.25, 0.3) is 0 Å². The average Bonchev–Trinajstić information content (AvgIpc) is 2.34. The van der Waals surface area contributed by atoms with E-state index < -0.39 is 57.1 Å². The lowest BCUT2D eigenvalue weighted by atomic mass is 10.2. The van der Waals surface area contributed by atoms with Crippen LogP contribution in [-0.2, 0) is 20.9 Å². The number of rotatable bonds is 4. The standard InChI is InChI=1S/C9H7F5O3S/c1-2-18(15,16)17-3-4-5(10)7(12)9(14)8(13)6(4)11/h2-3H2,1H3. The van der Waals surface area contributed by atoms with Gasteiger partial charge in [-0.2, -0.15) is 8.42 Å². The second-order valence-electron chi connectivity index (χ2n) is 3.16. The highest BCUT2D eigenvalue weighted by Gasteiger charge is 2.26. The van der Waals surface area contributed by atoms with Gasteiger partial charge in [0, 0.05) is 0 Å². The van der Waals surface area contributed by atoms with Crippen LogP contribution in [-0.4, -0.2) is 14.2 Å². The number of halogens is 5. The Kier molecular flexibility index (Phi) is 4.28. The monoisotopic (exact) mass is 290 g/mol. The van der Waals surface area contributed by atoms with Gasteiger partial charge in [-0.1, -0.05) is 0 Å². The van der Waals surface area contributed by atoms with Crippen molar-refractivity contribution in [3.63, 3.8) is 0 Å². The minimum Gasteiger partial charge on any atom is -0.265 e. The van der Waals surface area contributed by atoms with E-state index in [1.807, 2.05) is 0 Å². The van der Waals surface area contributed by atoms with E-state index in [0.29, 0.717) is 0 Å². The summed E-state index contributed by atoms with van der Waals surface area (Å²) in [6, 6.07) is 0. The molecular formula is C9H7F5O3S. The molecule has 0 aromatic heterocycles. The van der Waals surface area contributed by atoms with Crippen LogP contribution in [0.5, 0.6) is 0 Å². The summed E-state index contributed by atoms with van der Waals surface area (Å²) in [6.07, 6.45) is 0. The largest absolute Gasteiger partial charge is 0.267 e. The third-order valence-electron chi connectivity index (χ3n) is 2.04. The quantitative estimate of drug-likeness (QED) is 0.370. The molecule has 1 rings (SSSR count). The molecule has 3 nitrogen and oxygen atoms in total. The van der Waals surface area contributed by atoms with Crippen LogP contribution in [0.2, 0.25) is 0 Å². The van der Waals surface area contributed by atoms with Crippen molar-refractivity contribution in [3.05, 3.63) is 34.6 Å². The van der Waals surface area contributed by atoms with Gasteiger partial charge in [-0.3, -0.25) is 4.18 Å². The first kappa shape index (κ1) is 14.8. The topological polar surface area (TPSA) is 43.4 Å². The fourth-order valence-corrected chi connectivity index (χ4v) is 1.47. The molecule has 0 aliphatic heterocycles. The van der Waals surface area contributed by atoms with Gasteiger partial charge < -0.3 is 0 Å². The SMILES string of the molecule is CCS(=O)(=O)OCc1c(F)c(F)c(F)c(F)c1F. The molecule has 0 radical (unpaired) electrons. The Morgan fingerprint density at radius 1 is 0.889 bits per heavy atom. The minimum absolute atomic E-state index is 0.498. The second kappa shape index (κ2) is 5.19. The summed E-state index contributed by atoms with van der Waals surface area (Å²) in [6.45, 7) is -0.0736. The Hall–Kier alpha value is -1.22. The van der Waals surface area contributed by atoms with Gasteiger partial charge in [0.15, 0.2) is 23.3 Å². The predicted octanol–water partition coefficient (Wildman–Crippen LogP) is 2.25. The van der Waals surface area contributed by atoms with Crippen molar-refractivity contribution in [2.24, 2.45) is 0 Å². The Morgan fingerprint density at radius 3 is 1.67 bits per heavy atom. The molecular weight excluding hydrogens is 283 g/mol. The lowest BCUT2D eigenvalue weighted by Crippen LogP contribution is -2.13. The zero-order valence-electron chi connectivity index (χ0n) is 8.94. The molecule has 0 saturated heterocycles. The fourth-order valence-electron chi connectivity index (χ4n) is 1.01. The molecule has 1 aromatic rings. The molecule has 102 valence electrons. The van der Waals surface area contributed by atoms with E-state index in [-0.39, 0.29) is 0 Å².